The molecule has 24 heavy (non-hydrogen) atoms. The Labute approximate surface area is 157 Å². The number of nitrogens with one attached hydrogen (secondary N) is 1. The molecule has 1 aromatic carbocycles. The van der Waals surface area contributed by atoms with Crippen LogP contribution in [0.15, 0.2) is 23.1 Å². The highest BCUT2D eigenvalue weighted by Gasteiger charge is 2.30. The molecule has 0 radical (unpaired) electrons. The summed E-state index contributed by atoms with van der Waals surface area (Å²) in [5.41, 5.74) is 1.03. The molecule has 2 rings (SSSR count). The summed E-state index contributed by atoms with van der Waals surface area (Å²) in [4.78, 5) is 0.259. The summed E-state index contributed by atoms with van der Waals surface area (Å²) in [5.74, 6) is 0.559. The van der Waals surface area contributed by atoms with E-state index in [1.54, 1.807) is 16.4 Å². The van der Waals surface area contributed by atoms with Crippen molar-refractivity contribution in [1.29, 1.82) is 0 Å². The monoisotopic (exact) mass is 394 g/mol. The molecular formula is C17H28Cl2N2O2S. The van der Waals surface area contributed by atoms with Gasteiger partial charge in [0.25, 0.3) is 0 Å². The van der Waals surface area contributed by atoms with E-state index in [4.69, 9.17) is 11.6 Å². The second kappa shape index (κ2) is 9.97. The van der Waals surface area contributed by atoms with Gasteiger partial charge in [0.2, 0.25) is 10.0 Å². The molecule has 0 saturated carbocycles. The van der Waals surface area contributed by atoms with Crippen LogP contribution in [-0.2, 0) is 16.4 Å². The van der Waals surface area contributed by atoms with Crippen LogP contribution in [0, 0.1) is 5.92 Å². The molecule has 1 saturated heterocycles. The van der Waals surface area contributed by atoms with Gasteiger partial charge < -0.3 is 5.32 Å². The molecule has 1 aliphatic heterocycles. The average molecular weight is 395 g/mol. The van der Waals surface area contributed by atoms with Crippen molar-refractivity contribution in [3.63, 3.8) is 0 Å². The zero-order chi connectivity index (χ0) is 16.9. The first-order valence-corrected chi connectivity index (χ1v) is 10.3. The zero-order valence-corrected chi connectivity index (χ0v) is 16.8. The van der Waals surface area contributed by atoms with Gasteiger partial charge in [0, 0.05) is 13.1 Å². The Hall–Kier alpha value is -0.330. The maximum Gasteiger partial charge on any atom is 0.244 e. The molecule has 1 aromatic rings. The van der Waals surface area contributed by atoms with E-state index in [0.29, 0.717) is 24.0 Å². The Morgan fingerprint density at radius 2 is 1.92 bits per heavy atom. The quantitative estimate of drug-likeness (QED) is 0.766. The van der Waals surface area contributed by atoms with Gasteiger partial charge in [-0.25, -0.2) is 8.42 Å². The van der Waals surface area contributed by atoms with Crippen molar-refractivity contribution in [3.8, 4) is 0 Å². The second-order valence-electron chi connectivity index (χ2n) is 6.17. The van der Waals surface area contributed by atoms with Crippen molar-refractivity contribution in [3.05, 3.63) is 28.8 Å². The molecule has 138 valence electrons. The summed E-state index contributed by atoms with van der Waals surface area (Å²) in [6.45, 7) is 7.25. The van der Waals surface area contributed by atoms with Gasteiger partial charge in [-0.2, -0.15) is 4.31 Å². The zero-order valence-electron chi connectivity index (χ0n) is 14.4. The third kappa shape index (κ3) is 5.33. The standard InChI is InChI=1S/C17H27ClN2O2S.ClH/c1-3-5-14-6-7-16(18)17(12-14)23(21,22)20-10-8-15(9-11-20)13-19-4-2;/h6-7,12,15,19H,3-5,8-11,13H2,1-2H3;1H. The van der Waals surface area contributed by atoms with E-state index in [1.807, 2.05) is 6.07 Å². The van der Waals surface area contributed by atoms with Crippen molar-refractivity contribution in [2.24, 2.45) is 5.92 Å². The Morgan fingerprint density at radius 1 is 1.25 bits per heavy atom. The molecular weight excluding hydrogens is 367 g/mol. The summed E-state index contributed by atoms with van der Waals surface area (Å²) in [6, 6.07) is 5.36. The Balaban J connectivity index is 0.00000288. The highest BCUT2D eigenvalue weighted by atomic mass is 35.5. The topological polar surface area (TPSA) is 49.4 Å². The molecule has 1 aliphatic rings. The number of aryl methyl sites for hydroxylation is 1. The predicted octanol–water partition coefficient (Wildman–Crippen LogP) is 3.72. The summed E-state index contributed by atoms with van der Waals surface area (Å²) in [5, 5.41) is 3.66. The molecule has 0 aliphatic carbocycles. The van der Waals surface area contributed by atoms with Crippen LogP contribution in [0.1, 0.15) is 38.7 Å². The smallest absolute Gasteiger partial charge is 0.244 e. The van der Waals surface area contributed by atoms with Crippen molar-refractivity contribution in [1.82, 2.24) is 9.62 Å². The first kappa shape index (κ1) is 21.7. The number of halogens is 2. The van der Waals surface area contributed by atoms with Crippen molar-refractivity contribution in [2.75, 3.05) is 26.2 Å². The Morgan fingerprint density at radius 3 is 2.50 bits per heavy atom. The van der Waals surface area contributed by atoms with E-state index in [9.17, 15) is 8.42 Å². The third-order valence-electron chi connectivity index (χ3n) is 4.41. The lowest BCUT2D eigenvalue weighted by Gasteiger charge is -2.31. The molecule has 0 aromatic heterocycles. The molecule has 0 atom stereocenters. The van der Waals surface area contributed by atoms with E-state index in [0.717, 1.165) is 44.3 Å². The van der Waals surface area contributed by atoms with Crippen molar-refractivity contribution < 1.29 is 8.42 Å². The summed E-state index contributed by atoms with van der Waals surface area (Å²) < 4.78 is 27.4. The predicted molar refractivity (Wildman–Crippen MR) is 103 cm³/mol. The van der Waals surface area contributed by atoms with Crippen LogP contribution < -0.4 is 5.32 Å². The molecule has 0 amide bonds. The van der Waals surface area contributed by atoms with Gasteiger partial charge in [-0.1, -0.05) is 37.9 Å². The number of sulfonamides is 1. The van der Waals surface area contributed by atoms with Crippen LogP contribution in [0.2, 0.25) is 5.02 Å². The first-order chi connectivity index (χ1) is 11.0. The molecule has 0 spiro atoms. The van der Waals surface area contributed by atoms with Gasteiger partial charge in [0.15, 0.2) is 0 Å². The average Bonchev–Trinajstić information content (AvgIpc) is 2.55. The van der Waals surface area contributed by atoms with Gasteiger partial charge in [-0.3, -0.25) is 0 Å². The third-order valence-corrected chi connectivity index (χ3v) is 6.79. The van der Waals surface area contributed by atoms with E-state index in [2.05, 4.69) is 19.2 Å². The number of hydrogen-bond donors (Lipinski definition) is 1. The van der Waals surface area contributed by atoms with Crippen LogP contribution in [0.3, 0.4) is 0 Å². The second-order valence-corrected chi connectivity index (χ2v) is 8.48. The fourth-order valence-electron chi connectivity index (χ4n) is 3.03. The van der Waals surface area contributed by atoms with E-state index >= 15 is 0 Å². The number of benzene rings is 1. The van der Waals surface area contributed by atoms with Crippen LogP contribution in [0.5, 0.6) is 0 Å². The lowest BCUT2D eigenvalue weighted by molar-refractivity contribution is 0.268. The minimum atomic E-state index is -3.50. The molecule has 0 unspecified atom stereocenters. The molecule has 1 heterocycles. The highest BCUT2D eigenvalue weighted by Crippen LogP contribution is 2.29. The normalized spacial score (nSPS) is 16.8. The minimum absolute atomic E-state index is 0. The van der Waals surface area contributed by atoms with Crippen LogP contribution >= 0.6 is 24.0 Å². The van der Waals surface area contributed by atoms with Gasteiger partial charge in [0.05, 0.1) is 5.02 Å². The molecule has 4 nitrogen and oxygen atoms in total. The molecule has 1 fully saturated rings. The van der Waals surface area contributed by atoms with Gasteiger partial charge in [-0.05, 0) is 56.0 Å². The Kier molecular flexibility index (Phi) is 9.02. The summed E-state index contributed by atoms with van der Waals surface area (Å²) >= 11 is 6.18. The van der Waals surface area contributed by atoms with Gasteiger partial charge in [0.1, 0.15) is 4.90 Å². The number of nitrogens with zero attached hydrogens (tertiary/aromatic N) is 1. The maximum absolute atomic E-state index is 12.9. The van der Waals surface area contributed by atoms with E-state index in [-0.39, 0.29) is 17.3 Å². The molecule has 1 N–H and O–H groups in total. The lowest BCUT2D eigenvalue weighted by Crippen LogP contribution is -2.40. The first-order valence-electron chi connectivity index (χ1n) is 8.48. The van der Waals surface area contributed by atoms with E-state index in [1.165, 1.54) is 0 Å². The highest BCUT2D eigenvalue weighted by molar-refractivity contribution is 7.89. The van der Waals surface area contributed by atoms with Crippen molar-refractivity contribution >= 4 is 34.0 Å². The van der Waals surface area contributed by atoms with Gasteiger partial charge in [-0.15, -0.1) is 12.4 Å². The lowest BCUT2D eigenvalue weighted by atomic mass is 9.98. The minimum Gasteiger partial charge on any atom is -0.317 e. The number of piperidine rings is 1. The van der Waals surface area contributed by atoms with E-state index < -0.39 is 10.0 Å². The van der Waals surface area contributed by atoms with Crippen LogP contribution in [0.4, 0.5) is 0 Å². The largest absolute Gasteiger partial charge is 0.317 e. The number of hydrogen-bond acceptors (Lipinski definition) is 3. The Bertz CT molecular complexity index is 615. The fourth-order valence-corrected chi connectivity index (χ4v) is 5.03. The maximum atomic E-state index is 12.9. The SMILES string of the molecule is CCCc1ccc(Cl)c(S(=O)(=O)N2CCC(CNCC)CC2)c1.Cl. The summed E-state index contributed by atoms with van der Waals surface area (Å²) in [6.07, 6.45) is 3.65. The van der Waals surface area contributed by atoms with Crippen LogP contribution in [0.25, 0.3) is 0 Å². The molecule has 0 bridgehead atoms. The number of rotatable bonds is 7. The van der Waals surface area contributed by atoms with Gasteiger partial charge >= 0.3 is 0 Å². The van der Waals surface area contributed by atoms with Crippen LogP contribution in [-0.4, -0.2) is 38.9 Å². The fraction of sp³-hybridized carbons (Fsp3) is 0.647. The summed E-state index contributed by atoms with van der Waals surface area (Å²) in [7, 11) is -3.50. The van der Waals surface area contributed by atoms with Crippen molar-refractivity contribution in [2.45, 2.75) is 44.4 Å². The molecule has 7 heteroatoms.